The molecule has 0 saturated carbocycles. The summed E-state index contributed by atoms with van der Waals surface area (Å²) in [5, 5.41) is 0. The van der Waals surface area contributed by atoms with Gasteiger partial charge in [0.2, 0.25) is 0 Å². The van der Waals surface area contributed by atoms with E-state index in [9.17, 15) is 0 Å². The Morgan fingerprint density at radius 3 is 1.53 bits per heavy atom. The summed E-state index contributed by atoms with van der Waals surface area (Å²) < 4.78 is 1.33. The number of hydrogen-bond donors (Lipinski definition) is 0. The van der Waals surface area contributed by atoms with E-state index in [2.05, 4.69) is 27.7 Å². The van der Waals surface area contributed by atoms with Crippen molar-refractivity contribution in [1.29, 1.82) is 0 Å². The van der Waals surface area contributed by atoms with Crippen molar-refractivity contribution in [2.45, 2.75) is 59.8 Å². The molecule has 0 aromatic heterocycles. The van der Waals surface area contributed by atoms with Gasteiger partial charge in [0.15, 0.2) is 0 Å². The number of hydrogen-bond acceptors (Lipinski definition) is 0. The quantitative estimate of drug-likeness (QED) is 0.334. The molecule has 0 aliphatic heterocycles. The van der Waals surface area contributed by atoms with Gasteiger partial charge in [0, 0.05) is 0 Å². The zero-order valence-electron chi connectivity index (χ0n) is 11.2. The minimum atomic E-state index is 0. The SMILES string of the molecule is CCCCCCC[N+](CC)(CC)CC.[I-]. The van der Waals surface area contributed by atoms with Gasteiger partial charge in [-0.05, 0) is 33.6 Å². The number of unbranched alkanes of at least 4 members (excludes halogenated alkanes) is 4. The fourth-order valence-electron chi connectivity index (χ4n) is 2.20. The number of rotatable bonds is 9. The Hall–Kier alpha value is 0.690. The third kappa shape index (κ3) is 7.56. The van der Waals surface area contributed by atoms with Crippen molar-refractivity contribution >= 4 is 0 Å². The predicted molar refractivity (Wildman–Crippen MR) is 65.5 cm³/mol. The first-order valence-electron chi connectivity index (χ1n) is 6.59. The molecule has 0 rings (SSSR count). The van der Waals surface area contributed by atoms with Crippen molar-refractivity contribution in [3.63, 3.8) is 0 Å². The van der Waals surface area contributed by atoms with Gasteiger partial charge < -0.3 is 28.5 Å². The van der Waals surface area contributed by atoms with Crippen molar-refractivity contribution in [1.82, 2.24) is 0 Å². The third-order valence-electron chi connectivity index (χ3n) is 3.75. The molecule has 0 radical (unpaired) electrons. The van der Waals surface area contributed by atoms with Crippen molar-refractivity contribution < 1.29 is 28.5 Å². The van der Waals surface area contributed by atoms with Gasteiger partial charge in [0.25, 0.3) is 0 Å². The van der Waals surface area contributed by atoms with E-state index in [1.54, 1.807) is 0 Å². The Bertz CT molecular complexity index is 113. The lowest BCUT2D eigenvalue weighted by molar-refractivity contribution is -0.923. The summed E-state index contributed by atoms with van der Waals surface area (Å²) in [5.41, 5.74) is 0. The van der Waals surface area contributed by atoms with Crippen LogP contribution in [0.4, 0.5) is 0 Å². The molecule has 94 valence electrons. The smallest absolute Gasteiger partial charge is 0.0786 e. The van der Waals surface area contributed by atoms with Crippen LogP contribution in [-0.4, -0.2) is 30.7 Å². The summed E-state index contributed by atoms with van der Waals surface area (Å²) in [6.45, 7) is 14.6. The number of quaternary nitrogens is 1. The van der Waals surface area contributed by atoms with E-state index in [4.69, 9.17) is 0 Å². The first kappa shape index (κ1) is 18.1. The molecule has 1 nitrogen and oxygen atoms in total. The van der Waals surface area contributed by atoms with Crippen molar-refractivity contribution in [2.75, 3.05) is 26.2 Å². The van der Waals surface area contributed by atoms with Crippen LogP contribution < -0.4 is 24.0 Å². The maximum Gasteiger partial charge on any atom is 0.0786 e. The van der Waals surface area contributed by atoms with Crippen LogP contribution >= 0.6 is 0 Å². The lowest BCUT2D eigenvalue weighted by Gasteiger charge is -2.35. The van der Waals surface area contributed by atoms with Gasteiger partial charge in [0.1, 0.15) is 0 Å². The first-order valence-corrected chi connectivity index (χ1v) is 6.59. The normalized spacial score (nSPS) is 11.2. The largest absolute Gasteiger partial charge is 1.00 e. The third-order valence-corrected chi connectivity index (χ3v) is 3.75. The Labute approximate surface area is 114 Å². The fourth-order valence-corrected chi connectivity index (χ4v) is 2.20. The zero-order valence-corrected chi connectivity index (χ0v) is 13.3. The average Bonchev–Trinajstić information content (AvgIpc) is 2.24. The van der Waals surface area contributed by atoms with Crippen LogP contribution in [0.1, 0.15) is 59.8 Å². The summed E-state index contributed by atoms with van der Waals surface area (Å²) in [5.74, 6) is 0. The van der Waals surface area contributed by atoms with E-state index in [0.717, 1.165) is 0 Å². The van der Waals surface area contributed by atoms with Crippen LogP contribution in [0.15, 0.2) is 0 Å². The van der Waals surface area contributed by atoms with E-state index in [1.165, 1.54) is 62.8 Å². The minimum Gasteiger partial charge on any atom is -1.00 e. The predicted octanol–water partition coefficient (Wildman–Crippen LogP) is 0.837. The molecule has 0 aromatic carbocycles. The molecule has 0 aliphatic carbocycles. The summed E-state index contributed by atoms with van der Waals surface area (Å²) >= 11 is 0. The molecule has 0 aliphatic rings. The van der Waals surface area contributed by atoms with E-state index < -0.39 is 0 Å². The fraction of sp³-hybridized carbons (Fsp3) is 1.00. The Kier molecular flexibility index (Phi) is 13.5. The molecule has 2 heteroatoms. The summed E-state index contributed by atoms with van der Waals surface area (Å²) in [7, 11) is 0. The van der Waals surface area contributed by atoms with Crippen LogP contribution in [0.2, 0.25) is 0 Å². The van der Waals surface area contributed by atoms with Crippen LogP contribution in [0, 0.1) is 0 Å². The van der Waals surface area contributed by atoms with E-state index in [-0.39, 0.29) is 24.0 Å². The van der Waals surface area contributed by atoms with Gasteiger partial charge in [-0.25, -0.2) is 0 Å². The molecule has 0 atom stereocenters. The summed E-state index contributed by atoms with van der Waals surface area (Å²) in [4.78, 5) is 0. The van der Waals surface area contributed by atoms with E-state index >= 15 is 0 Å². The van der Waals surface area contributed by atoms with Crippen LogP contribution in [0.5, 0.6) is 0 Å². The molecule has 0 saturated heterocycles. The Morgan fingerprint density at radius 2 is 1.13 bits per heavy atom. The van der Waals surface area contributed by atoms with Crippen molar-refractivity contribution in [3.05, 3.63) is 0 Å². The molecular formula is C13H30IN. The van der Waals surface area contributed by atoms with Crippen LogP contribution in [-0.2, 0) is 0 Å². The molecule has 0 unspecified atom stereocenters. The Morgan fingerprint density at radius 1 is 0.667 bits per heavy atom. The van der Waals surface area contributed by atoms with E-state index in [1.807, 2.05) is 0 Å². The maximum absolute atomic E-state index is 2.33. The highest BCUT2D eigenvalue weighted by Crippen LogP contribution is 2.10. The summed E-state index contributed by atoms with van der Waals surface area (Å²) in [6.07, 6.45) is 7.08. The van der Waals surface area contributed by atoms with Gasteiger partial charge in [-0.15, -0.1) is 0 Å². The lowest BCUT2D eigenvalue weighted by atomic mass is 10.1. The van der Waals surface area contributed by atoms with Crippen LogP contribution in [0.3, 0.4) is 0 Å². The number of nitrogens with zero attached hydrogens (tertiary/aromatic N) is 1. The van der Waals surface area contributed by atoms with Gasteiger partial charge >= 0.3 is 0 Å². The molecule has 0 heterocycles. The van der Waals surface area contributed by atoms with Crippen LogP contribution in [0.25, 0.3) is 0 Å². The first-order chi connectivity index (χ1) is 6.74. The second-order valence-corrected chi connectivity index (χ2v) is 4.43. The highest BCUT2D eigenvalue weighted by molar-refractivity contribution is 4.44. The maximum atomic E-state index is 2.33. The van der Waals surface area contributed by atoms with Crippen molar-refractivity contribution in [3.8, 4) is 0 Å². The monoisotopic (exact) mass is 327 g/mol. The van der Waals surface area contributed by atoms with Gasteiger partial charge in [-0.2, -0.15) is 0 Å². The number of halogens is 1. The molecule has 0 aromatic rings. The summed E-state index contributed by atoms with van der Waals surface area (Å²) in [6, 6.07) is 0. The zero-order chi connectivity index (χ0) is 10.9. The molecule has 0 N–H and O–H groups in total. The van der Waals surface area contributed by atoms with Gasteiger partial charge in [-0.1, -0.05) is 26.2 Å². The lowest BCUT2D eigenvalue weighted by Crippen LogP contribution is -3.00. The molecular weight excluding hydrogens is 297 g/mol. The van der Waals surface area contributed by atoms with E-state index in [0.29, 0.717) is 0 Å². The topological polar surface area (TPSA) is 0 Å². The highest BCUT2D eigenvalue weighted by atomic mass is 127. The molecule has 0 bridgehead atoms. The average molecular weight is 327 g/mol. The molecule has 0 fully saturated rings. The minimum absolute atomic E-state index is 0. The molecule has 15 heavy (non-hydrogen) atoms. The molecule has 0 spiro atoms. The standard InChI is InChI=1S/C13H30N.HI/c1-5-9-10-11-12-13-14(6-2,7-3)8-4;/h5-13H2,1-4H3;1H/q+1;/p-1. The van der Waals surface area contributed by atoms with Crippen molar-refractivity contribution in [2.24, 2.45) is 0 Å². The highest BCUT2D eigenvalue weighted by Gasteiger charge is 2.19. The van der Waals surface area contributed by atoms with Gasteiger partial charge in [0.05, 0.1) is 26.2 Å². The molecule has 0 amide bonds. The Balaban J connectivity index is 0. The second kappa shape index (κ2) is 11.2. The van der Waals surface area contributed by atoms with Gasteiger partial charge in [-0.3, -0.25) is 0 Å². The second-order valence-electron chi connectivity index (χ2n) is 4.43.